The Labute approximate surface area is 184 Å². The van der Waals surface area contributed by atoms with Crippen LogP contribution in [0.1, 0.15) is 19.2 Å². The Kier molecular flexibility index (Phi) is 6.13. The topological polar surface area (TPSA) is 80.2 Å². The molecule has 1 amide bonds. The lowest BCUT2D eigenvalue weighted by Gasteiger charge is -2.26. The van der Waals surface area contributed by atoms with E-state index in [2.05, 4.69) is 28.2 Å². The summed E-state index contributed by atoms with van der Waals surface area (Å²) in [6.45, 7) is 4.26. The Morgan fingerprint density at radius 2 is 2.03 bits per heavy atom. The number of hydrogen-bond acceptors (Lipinski definition) is 7. The zero-order chi connectivity index (χ0) is 21.3. The average molecular weight is 462 g/mol. The molecule has 1 fully saturated rings. The lowest BCUT2D eigenvalue weighted by molar-refractivity contribution is -0.129. The predicted molar refractivity (Wildman–Crippen MR) is 123 cm³/mol. The summed E-state index contributed by atoms with van der Waals surface area (Å²) in [6, 6.07) is 12.0. The Hall–Kier alpha value is -1.97. The molecule has 1 atom stereocenters. The lowest BCUT2D eigenvalue weighted by Crippen LogP contribution is -2.41. The second-order valence-corrected chi connectivity index (χ2v) is 11.5. The molecule has 6 nitrogen and oxygen atoms in total. The van der Waals surface area contributed by atoms with E-state index in [1.165, 1.54) is 11.8 Å². The van der Waals surface area contributed by atoms with Gasteiger partial charge < -0.3 is 4.90 Å². The van der Waals surface area contributed by atoms with Crippen LogP contribution in [-0.4, -0.2) is 59.0 Å². The van der Waals surface area contributed by atoms with Crippen molar-refractivity contribution in [2.24, 2.45) is 0 Å². The molecule has 3 heterocycles. The summed E-state index contributed by atoms with van der Waals surface area (Å²) < 4.78 is 23.6. The van der Waals surface area contributed by atoms with Crippen molar-refractivity contribution in [2.75, 3.05) is 23.8 Å². The third-order valence-corrected chi connectivity index (χ3v) is 8.97. The van der Waals surface area contributed by atoms with Crippen molar-refractivity contribution in [3.63, 3.8) is 0 Å². The lowest BCUT2D eigenvalue weighted by atomic mass is 10.2. The Balaban J connectivity index is 1.54. The van der Waals surface area contributed by atoms with Crippen molar-refractivity contribution < 1.29 is 13.2 Å². The second-order valence-electron chi connectivity index (χ2n) is 7.30. The molecule has 1 unspecified atom stereocenters. The van der Waals surface area contributed by atoms with Crippen molar-refractivity contribution in [3.8, 4) is 10.4 Å². The molecular weight excluding hydrogens is 438 g/mol. The van der Waals surface area contributed by atoms with E-state index >= 15 is 0 Å². The molecule has 4 rings (SSSR count). The molecule has 0 spiro atoms. The highest BCUT2D eigenvalue weighted by molar-refractivity contribution is 8.00. The van der Waals surface area contributed by atoms with Gasteiger partial charge in [-0.1, -0.05) is 42.1 Å². The molecule has 158 valence electrons. The minimum absolute atomic E-state index is 0.0486. The first-order chi connectivity index (χ1) is 14.4. The normalized spacial score (nSPS) is 18.0. The van der Waals surface area contributed by atoms with Gasteiger partial charge in [-0.2, -0.15) is 0 Å². The van der Waals surface area contributed by atoms with Crippen molar-refractivity contribution in [2.45, 2.75) is 31.3 Å². The first kappa shape index (κ1) is 21.3. The largest absolute Gasteiger partial charge is 0.338 e. The number of thiophene rings is 1. The van der Waals surface area contributed by atoms with E-state index in [0.717, 1.165) is 25.7 Å². The Bertz CT molecular complexity index is 1180. The maximum Gasteiger partial charge on any atom is 0.233 e. The molecule has 1 aliphatic heterocycles. The second kappa shape index (κ2) is 8.64. The highest BCUT2D eigenvalue weighted by atomic mass is 32.2. The number of hydrogen-bond donors (Lipinski definition) is 0. The fraction of sp³-hybridized carbons (Fsp3) is 0.381. The molecule has 1 aromatic carbocycles. The SMILES string of the molecule is CCN(C(=O)CSc1nc(C)nc2sc(-c3ccccc3)cc12)C1CCS(=O)(=O)C1. The summed E-state index contributed by atoms with van der Waals surface area (Å²) in [7, 11) is -3.03. The minimum Gasteiger partial charge on any atom is -0.338 e. The maximum atomic E-state index is 12.9. The van der Waals surface area contributed by atoms with Crippen LogP contribution < -0.4 is 0 Å². The van der Waals surface area contributed by atoms with E-state index in [9.17, 15) is 13.2 Å². The summed E-state index contributed by atoms with van der Waals surface area (Å²) in [4.78, 5) is 25.7. The van der Waals surface area contributed by atoms with E-state index in [-0.39, 0.29) is 29.2 Å². The van der Waals surface area contributed by atoms with Crippen LogP contribution in [0.5, 0.6) is 0 Å². The Morgan fingerprint density at radius 1 is 1.27 bits per heavy atom. The standard InChI is InChI=1S/C21H23N3O3S3/c1-3-24(16-9-10-30(26,27)13-16)19(25)12-28-20-17-11-18(15-7-5-4-6-8-15)29-21(17)23-14(2)22-20/h4-8,11,16H,3,9-10,12-13H2,1-2H3. The molecule has 3 aromatic rings. The van der Waals surface area contributed by atoms with Gasteiger partial charge in [0.1, 0.15) is 15.7 Å². The van der Waals surface area contributed by atoms with Gasteiger partial charge in [-0.05, 0) is 31.9 Å². The van der Waals surface area contributed by atoms with Crippen molar-refractivity contribution >= 4 is 49.1 Å². The van der Waals surface area contributed by atoms with E-state index in [4.69, 9.17) is 0 Å². The van der Waals surface area contributed by atoms with Gasteiger partial charge in [0.2, 0.25) is 5.91 Å². The number of nitrogens with zero attached hydrogens (tertiary/aromatic N) is 3. The molecule has 30 heavy (non-hydrogen) atoms. The van der Waals surface area contributed by atoms with E-state index in [0.29, 0.717) is 18.8 Å². The number of carbonyl (C=O) groups is 1. The summed E-state index contributed by atoms with van der Waals surface area (Å²) in [5.41, 5.74) is 1.13. The first-order valence-electron chi connectivity index (χ1n) is 9.82. The fourth-order valence-corrected chi connectivity index (χ4v) is 7.54. The van der Waals surface area contributed by atoms with E-state index < -0.39 is 9.84 Å². The average Bonchev–Trinajstić information content (AvgIpc) is 3.30. The highest BCUT2D eigenvalue weighted by Crippen LogP contribution is 2.36. The maximum absolute atomic E-state index is 12.9. The number of carbonyl (C=O) groups excluding carboxylic acids is 1. The van der Waals surface area contributed by atoms with Gasteiger partial charge in [0.05, 0.1) is 17.3 Å². The van der Waals surface area contributed by atoms with Gasteiger partial charge in [0.25, 0.3) is 0 Å². The van der Waals surface area contributed by atoms with E-state index in [1.54, 1.807) is 16.2 Å². The van der Waals surface area contributed by atoms with Gasteiger partial charge in [-0.15, -0.1) is 11.3 Å². The summed E-state index contributed by atoms with van der Waals surface area (Å²) >= 11 is 3.02. The third kappa shape index (κ3) is 4.53. The number of rotatable bonds is 6. The number of benzene rings is 1. The number of thioether (sulfide) groups is 1. The van der Waals surface area contributed by atoms with Crippen LogP contribution in [0, 0.1) is 6.92 Å². The summed E-state index contributed by atoms with van der Waals surface area (Å²) in [5.74, 6) is 1.09. The van der Waals surface area contributed by atoms with Gasteiger partial charge >= 0.3 is 0 Å². The Morgan fingerprint density at radius 3 is 2.70 bits per heavy atom. The molecule has 2 aromatic heterocycles. The number of aromatic nitrogens is 2. The van der Waals surface area contributed by atoms with Crippen LogP contribution >= 0.6 is 23.1 Å². The number of sulfone groups is 1. The van der Waals surface area contributed by atoms with Crippen molar-refractivity contribution in [1.29, 1.82) is 0 Å². The fourth-order valence-electron chi connectivity index (χ4n) is 3.72. The third-order valence-electron chi connectivity index (χ3n) is 5.17. The monoisotopic (exact) mass is 461 g/mol. The molecule has 9 heteroatoms. The van der Waals surface area contributed by atoms with Crippen molar-refractivity contribution in [3.05, 3.63) is 42.2 Å². The minimum atomic E-state index is -3.03. The van der Waals surface area contributed by atoms with E-state index in [1.807, 2.05) is 32.0 Å². The molecule has 0 bridgehead atoms. The highest BCUT2D eigenvalue weighted by Gasteiger charge is 2.33. The summed E-state index contributed by atoms with van der Waals surface area (Å²) in [5, 5.41) is 1.74. The first-order valence-corrected chi connectivity index (χ1v) is 13.4. The zero-order valence-electron chi connectivity index (χ0n) is 16.9. The molecule has 0 radical (unpaired) electrons. The van der Waals surface area contributed by atoms with Crippen LogP contribution in [0.2, 0.25) is 0 Å². The molecule has 0 N–H and O–H groups in total. The van der Waals surface area contributed by atoms with Crippen molar-refractivity contribution in [1.82, 2.24) is 14.9 Å². The smallest absolute Gasteiger partial charge is 0.233 e. The molecule has 0 saturated carbocycles. The summed E-state index contributed by atoms with van der Waals surface area (Å²) in [6.07, 6.45) is 0.522. The van der Waals surface area contributed by atoms with Gasteiger partial charge in [0, 0.05) is 22.8 Å². The molecular formula is C21H23N3O3S3. The molecule has 1 saturated heterocycles. The van der Waals surface area contributed by atoms with Crippen LogP contribution in [0.15, 0.2) is 41.4 Å². The van der Waals surface area contributed by atoms with Gasteiger partial charge in [-0.25, -0.2) is 18.4 Å². The van der Waals surface area contributed by atoms with Crippen LogP contribution in [0.25, 0.3) is 20.7 Å². The van der Waals surface area contributed by atoms with Gasteiger partial charge in [-0.3, -0.25) is 4.79 Å². The number of aryl methyl sites for hydroxylation is 1. The van der Waals surface area contributed by atoms with Crippen LogP contribution in [0.3, 0.4) is 0 Å². The van der Waals surface area contributed by atoms with Crippen LogP contribution in [0.4, 0.5) is 0 Å². The predicted octanol–water partition coefficient (Wildman–Crippen LogP) is 3.79. The van der Waals surface area contributed by atoms with Gasteiger partial charge in [0.15, 0.2) is 9.84 Å². The quantitative estimate of drug-likeness (QED) is 0.410. The number of fused-ring (bicyclic) bond motifs is 1. The molecule has 0 aliphatic carbocycles. The van der Waals surface area contributed by atoms with Crippen LogP contribution in [-0.2, 0) is 14.6 Å². The zero-order valence-corrected chi connectivity index (χ0v) is 19.3. The molecule has 1 aliphatic rings. The number of amides is 1.